The van der Waals surface area contributed by atoms with E-state index in [4.69, 9.17) is 10.5 Å². The van der Waals surface area contributed by atoms with Crippen molar-refractivity contribution in [2.24, 2.45) is 5.73 Å². The van der Waals surface area contributed by atoms with Gasteiger partial charge in [0, 0.05) is 18.1 Å². The standard InChI is InChI=1S/C21H21F2N3O6/c1-2-32-19(28)11-15(13-4-6-14(7-5-13)26(30)31)20(21(24)29)25-18(27)10-12-3-8-16(22)17(23)9-12/h3-9,15,20H,2,10-11H2,1H3,(H2,24,29)(H,25,27)/t15-,20-/m0/s1. The third-order valence-electron chi connectivity index (χ3n) is 4.60. The Bertz CT molecular complexity index is 1010. The second-order valence-electron chi connectivity index (χ2n) is 6.84. The highest BCUT2D eigenvalue weighted by molar-refractivity contribution is 5.89. The zero-order valence-electron chi connectivity index (χ0n) is 17.0. The minimum absolute atomic E-state index is 0.0789. The van der Waals surface area contributed by atoms with E-state index < -0.39 is 46.3 Å². The molecule has 2 atom stereocenters. The summed E-state index contributed by atoms with van der Waals surface area (Å²) < 4.78 is 31.4. The summed E-state index contributed by atoms with van der Waals surface area (Å²) in [6, 6.07) is 6.62. The molecular formula is C21H21F2N3O6. The Labute approximate surface area is 181 Å². The summed E-state index contributed by atoms with van der Waals surface area (Å²) in [5.41, 5.74) is 5.75. The molecule has 2 aromatic rings. The summed E-state index contributed by atoms with van der Waals surface area (Å²) in [7, 11) is 0. The van der Waals surface area contributed by atoms with Crippen LogP contribution in [0.15, 0.2) is 42.5 Å². The van der Waals surface area contributed by atoms with Crippen LogP contribution in [0.1, 0.15) is 30.4 Å². The highest BCUT2D eigenvalue weighted by Gasteiger charge is 2.32. The van der Waals surface area contributed by atoms with E-state index in [2.05, 4.69) is 5.32 Å². The predicted octanol–water partition coefficient (Wildman–Crippen LogP) is 2.12. The first kappa shape index (κ1) is 24.4. The van der Waals surface area contributed by atoms with Crippen molar-refractivity contribution in [1.29, 1.82) is 0 Å². The fraction of sp³-hybridized carbons (Fsp3) is 0.286. The van der Waals surface area contributed by atoms with Gasteiger partial charge in [0.25, 0.3) is 5.69 Å². The van der Waals surface area contributed by atoms with E-state index in [1.54, 1.807) is 6.92 Å². The van der Waals surface area contributed by atoms with E-state index in [-0.39, 0.29) is 30.7 Å². The molecule has 0 fully saturated rings. The van der Waals surface area contributed by atoms with Crippen molar-refractivity contribution in [3.8, 4) is 0 Å². The van der Waals surface area contributed by atoms with Crippen LogP contribution in [0.4, 0.5) is 14.5 Å². The molecule has 3 N–H and O–H groups in total. The number of nitrogens with zero attached hydrogens (tertiary/aromatic N) is 1. The van der Waals surface area contributed by atoms with Gasteiger partial charge in [-0.1, -0.05) is 18.2 Å². The minimum Gasteiger partial charge on any atom is -0.466 e. The van der Waals surface area contributed by atoms with Crippen molar-refractivity contribution in [2.75, 3.05) is 6.61 Å². The quantitative estimate of drug-likeness (QED) is 0.323. The van der Waals surface area contributed by atoms with Gasteiger partial charge in [-0.15, -0.1) is 0 Å². The van der Waals surface area contributed by atoms with Crippen molar-refractivity contribution >= 4 is 23.5 Å². The van der Waals surface area contributed by atoms with E-state index in [1.165, 1.54) is 30.3 Å². The predicted molar refractivity (Wildman–Crippen MR) is 108 cm³/mol. The molecule has 0 aromatic heterocycles. The molecule has 9 nitrogen and oxygen atoms in total. The molecule has 32 heavy (non-hydrogen) atoms. The van der Waals surface area contributed by atoms with Gasteiger partial charge in [-0.05, 0) is 30.2 Å². The molecule has 0 bridgehead atoms. The summed E-state index contributed by atoms with van der Waals surface area (Å²) in [6.07, 6.45) is -0.724. The van der Waals surface area contributed by atoms with Gasteiger partial charge in [-0.25, -0.2) is 8.78 Å². The number of nitro benzene ring substituents is 1. The van der Waals surface area contributed by atoms with Crippen molar-refractivity contribution in [3.05, 3.63) is 75.3 Å². The van der Waals surface area contributed by atoms with Crippen LogP contribution in [-0.2, 0) is 25.5 Å². The van der Waals surface area contributed by atoms with Gasteiger partial charge in [0.05, 0.1) is 24.4 Å². The molecule has 2 aromatic carbocycles. The maximum absolute atomic E-state index is 13.4. The lowest BCUT2D eigenvalue weighted by molar-refractivity contribution is -0.384. The Kier molecular flexibility index (Phi) is 8.33. The van der Waals surface area contributed by atoms with Crippen LogP contribution in [0, 0.1) is 21.7 Å². The smallest absolute Gasteiger partial charge is 0.306 e. The number of esters is 1. The Morgan fingerprint density at radius 3 is 2.31 bits per heavy atom. The number of hydrogen-bond donors (Lipinski definition) is 2. The number of nitro groups is 1. The van der Waals surface area contributed by atoms with Crippen molar-refractivity contribution in [1.82, 2.24) is 5.32 Å². The second kappa shape index (κ2) is 10.9. The van der Waals surface area contributed by atoms with E-state index in [1.807, 2.05) is 0 Å². The fourth-order valence-electron chi connectivity index (χ4n) is 3.10. The number of amides is 2. The number of non-ortho nitro benzene ring substituents is 1. The van der Waals surface area contributed by atoms with Crippen LogP contribution in [0.25, 0.3) is 0 Å². The average Bonchev–Trinajstić information content (AvgIpc) is 2.73. The van der Waals surface area contributed by atoms with Crippen LogP contribution in [0.3, 0.4) is 0 Å². The third-order valence-corrected chi connectivity index (χ3v) is 4.60. The van der Waals surface area contributed by atoms with Crippen LogP contribution in [-0.4, -0.2) is 35.4 Å². The van der Waals surface area contributed by atoms with Gasteiger partial charge < -0.3 is 15.8 Å². The molecule has 0 aliphatic rings. The van der Waals surface area contributed by atoms with Crippen LogP contribution in [0.2, 0.25) is 0 Å². The zero-order valence-corrected chi connectivity index (χ0v) is 17.0. The number of nitrogens with one attached hydrogen (secondary N) is 1. The van der Waals surface area contributed by atoms with E-state index in [0.29, 0.717) is 5.56 Å². The monoisotopic (exact) mass is 449 g/mol. The van der Waals surface area contributed by atoms with Crippen LogP contribution in [0.5, 0.6) is 0 Å². The number of carbonyl (C=O) groups is 3. The summed E-state index contributed by atoms with van der Waals surface area (Å²) >= 11 is 0. The fourth-order valence-corrected chi connectivity index (χ4v) is 3.10. The molecular weight excluding hydrogens is 428 g/mol. The number of benzene rings is 2. The number of rotatable bonds is 10. The Morgan fingerprint density at radius 2 is 1.78 bits per heavy atom. The zero-order chi connectivity index (χ0) is 23.8. The van der Waals surface area contributed by atoms with E-state index in [0.717, 1.165) is 12.1 Å². The highest BCUT2D eigenvalue weighted by atomic mass is 19.2. The lowest BCUT2D eigenvalue weighted by Gasteiger charge is -2.25. The van der Waals surface area contributed by atoms with Crippen LogP contribution >= 0.6 is 0 Å². The first-order chi connectivity index (χ1) is 15.1. The number of hydrogen-bond acceptors (Lipinski definition) is 6. The Balaban J connectivity index is 2.29. The number of primary amides is 1. The highest BCUT2D eigenvalue weighted by Crippen LogP contribution is 2.27. The maximum Gasteiger partial charge on any atom is 0.306 e. The molecule has 0 aliphatic heterocycles. The normalized spacial score (nSPS) is 12.5. The van der Waals surface area contributed by atoms with Gasteiger partial charge in [0.15, 0.2) is 11.6 Å². The molecule has 0 spiro atoms. The first-order valence-corrected chi connectivity index (χ1v) is 9.55. The largest absolute Gasteiger partial charge is 0.466 e. The molecule has 170 valence electrons. The summed E-state index contributed by atoms with van der Waals surface area (Å²) in [5.74, 6) is -5.55. The van der Waals surface area contributed by atoms with E-state index >= 15 is 0 Å². The topological polar surface area (TPSA) is 142 Å². The molecule has 0 unspecified atom stereocenters. The number of halogens is 2. The lowest BCUT2D eigenvalue weighted by atomic mass is 9.87. The number of carbonyl (C=O) groups excluding carboxylic acids is 3. The SMILES string of the molecule is CCOC(=O)C[C@@H](c1ccc([N+](=O)[O-])cc1)[C@H](NC(=O)Cc1ccc(F)c(F)c1)C(N)=O. The molecule has 0 saturated carbocycles. The van der Waals surface area contributed by atoms with Gasteiger partial charge in [-0.3, -0.25) is 24.5 Å². The molecule has 0 heterocycles. The first-order valence-electron chi connectivity index (χ1n) is 9.55. The van der Waals surface area contributed by atoms with Gasteiger partial charge >= 0.3 is 5.97 Å². The lowest BCUT2D eigenvalue weighted by Crippen LogP contribution is -2.49. The molecule has 2 rings (SSSR count). The molecule has 11 heteroatoms. The van der Waals surface area contributed by atoms with Crippen LogP contribution < -0.4 is 11.1 Å². The maximum atomic E-state index is 13.4. The molecule has 0 saturated heterocycles. The van der Waals surface area contributed by atoms with Crippen molar-refractivity contribution in [2.45, 2.75) is 31.7 Å². The summed E-state index contributed by atoms with van der Waals surface area (Å²) in [6.45, 7) is 1.67. The van der Waals surface area contributed by atoms with Crippen molar-refractivity contribution in [3.63, 3.8) is 0 Å². The van der Waals surface area contributed by atoms with E-state index in [9.17, 15) is 33.3 Å². The third kappa shape index (κ3) is 6.56. The summed E-state index contributed by atoms with van der Waals surface area (Å²) in [4.78, 5) is 47.0. The minimum atomic E-state index is -1.38. The van der Waals surface area contributed by atoms with Gasteiger partial charge in [0.1, 0.15) is 6.04 Å². The Morgan fingerprint density at radius 1 is 1.12 bits per heavy atom. The Hall–Kier alpha value is -3.89. The second-order valence-corrected chi connectivity index (χ2v) is 6.84. The van der Waals surface area contributed by atoms with Gasteiger partial charge in [-0.2, -0.15) is 0 Å². The summed E-state index contributed by atoms with van der Waals surface area (Å²) in [5, 5.41) is 13.3. The number of ether oxygens (including phenoxy) is 1. The number of nitrogens with two attached hydrogens (primary N) is 1. The van der Waals surface area contributed by atoms with Gasteiger partial charge in [0.2, 0.25) is 11.8 Å². The van der Waals surface area contributed by atoms with Crippen molar-refractivity contribution < 1.29 is 32.8 Å². The molecule has 0 radical (unpaired) electrons. The molecule has 0 aliphatic carbocycles. The molecule has 2 amide bonds. The average molecular weight is 449 g/mol.